The first-order chi connectivity index (χ1) is 11.1. The molecule has 0 aliphatic carbocycles. The molecular weight excluding hydrogens is 297 g/mol. The zero-order chi connectivity index (χ0) is 16.4. The second-order valence-electron chi connectivity index (χ2n) is 5.73. The van der Waals surface area contributed by atoms with Crippen molar-refractivity contribution >= 4 is 11.4 Å². The van der Waals surface area contributed by atoms with E-state index in [1.165, 1.54) is 12.1 Å². The highest BCUT2D eigenvalue weighted by atomic mass is 19.1. The lowest BCUT2D eigenvalue weighted by Crippen LogP contribution is -2.44. The van der Waals surface area contributed by atoms with Crippen LogP contribution in [0, 0.1) is 15.9 Å². The molecule has 6 heteroatoms. The van der Waals surface area contributed by atoms with E-state index in [0.717, 1.165) is 31.9 Å². The van der Waals surface area contributed by atoms with E-state index in [9.17, 15) is 14.5 Å². The van der Waals surface area contributed by atoms with Gasteiger partial charge in [-0.15, -0.1) is 0 Å². The number of piperazine rings is 1. The molecule has 1 fully saturated rings. The molecule has 0 unspecified atom stereocenters. The van der Waals surface area contributed by atoms with Crippen LogP contribution in [0.25, 0.3) is 11.1 Å². The zero-order valence-electron chi connectivity index (χ0n) is 12.9. The summed E-state index contributed by atoms with van der Waals surface area (Å²) in [6.45, 7) is 3.58. The summed E-state index contributed by atoms with van der Waals surface area (Å²) in [6.07, 6.45) is 0. The molecule has 0 saturated carbocycles. The summed E-state index contributed by atoms with van der Waals surface area (Å²) >= 11 is 0. The molecule has 23 heavy (non-hydrogen) atoms. The second kappa shape index (κ2) is 6.34. The Morgan fingerprint density at radius 1 is 1.04 bits per heavy atom. The summed E-state index contributed by atoms with van der Waals surface area (Å²) in [6, 6.07) is 11.1. The average Bonchev–Trinajstić information content (AvgIpc) is 2.55. The van der Waals surface area contributed by atoms with Crippen molar-refractivity contribution in [1.82, 2.24) is 4.90 Å². The summed E-state index contributed by atoms with van der Waals surface area (Å²) < 4.78 is 14.1. The van der Waals surface area contributed by atoms with Gasteiger partial charge in [0.2, 0.25) is 0 Å². The van der Waals surface area contributed by atoms with Gasteiger partial charge in [-0.3, -0.25) is 10.1 Å². The number of anilines is 1. The number of nitro benzene ring substituents is 1. The molecule has 5 nitrogen and oxygen atoms in total. The van der Waals surface area contributed by atoms with Crippen molar-refractivity contribution in [2.24, 2.45) is 0 Å². The van der Waals surface area contributed by atoms with Gasteiger partial charge in [-0.05, 0) is 25.2 Å². The SMILES string of the molecule is CN1CCN(c2ccc([N+](=O)[O-])c(-c3ccccc3F)c2)CC1. The summed E-state index contributed by atoms with van der Waals surface area (Å²) in [7, 11) is 2.07. The Morgan fingerprint density at radius 2 is 1.74 bits per heavy atom. The molecule has 3 rings (SSSR count). The van der Waals surface area contributed by atoms with E-state index in [-0.39, 0.29) is 11.3 Å². The van der Waals surface area contributed by atoms with Gasteiger partial charge in [-0.2, -0.15) is 0 Å². The van der Waals surface area contributed by atoms with Gasteiger partial charge >= 0.3 is 0 Å². The Hall–Kier alpha value is -2.47. The Balaban J connectivity index is 2.04. The fourth-order valence-electron chi connectivity index (χ4n) is 2.84. The Bertz CT molecular complexity index is 728. The molecule has 0 N–H and O–H groups in total. The van der Waals surface area contributed by atoms with Crippen LogP contribution in [-0.2, 0) is 0 Å². The molecule has 0 amide bonds. The third-order valence-electron chi connectivity index (χ3n) is 4.21. The number of halogens is 1. The standard InChI is InChI=1S/C17H18FN3O2/c1-19-8-10-20(11-9-19)13-6-7-17(21(22)23)15(12-13)14-4-2-3-5-16(14)18/h2-7,12H,8-11H2,1H3. The minimum atomic E-state index is -0.463. The van der Waals surface area contributed by atoms with Crippen LogP contribution in [0.5, 0.6) is 0 Å². The number of nitro groups is 1. The predicted octanol–water partition coefficient (Wildman–Crippen LogP) is 3.15. The maximum absolute atomic E-state index is 14.1. The normalized spacial score (nSPS) is 15.7. The first-order valence-corrected chi connectivity index (χ1v) is 7.53. The molecule has 120 valence electrons. The molecule has 1 saturated heterocycles. The number of likely N-dealkylation sites (N-methyl/N-ethyl adjacent to an activating group) is 1. The van der Waals surface area contributed by atoms with Gasteiger partial charge in [0, 0.05) is 43.5 Å². The zero-order valence-corrected chi connectivity index (χ0v) is 12.9. The van der Waals surface area contributed by atoms with Crippen molar-refractivity contribution in [3.8, 4) is 11.1 Å². The van der Waals surface area contributed by atoms with Gasteiger partial charge in [-0.1, -0.05) is 18.2 Å². The number of hydrogen-bond donors (Lipinski definition) is 0. The Kier molecular flexibility index (Phi) is 4.25. The van der Waals surface area contributed by atoms with Crippen LogP contribution in [0.4, 0.5) is 15.8 Å². The van der Waals surface area contributed by atoms with Crippen LogP contribution in [0.15, 0.2) is 42.5 Å². The lowest BCUT2D eigenvalue weighted by atomic mass is 10.0. The van der Waals surface area contributed by atoms with E-state index < -0.39 is 10.7 Å². The Labute approximate surface area is 134 Å². The van der Waals surface area contributed by atoms with Crippen LogP contribution < -0.4 is 4.90 Å². The van der Waals surface area contributed by atoms with Crippen molar-refractivity contribution in [1.29, 1.82) is 0 Å². The first kappa shape index (κ1) is 15.4. The van der Waals surface area contributed by atoms with Crippen molar-refractivity contribution < 1.29 is 9.31 Å². The number of benzene rings is 2. The maximum Gasteiger partial charge on any atom is 0.277 e. The molecule has 0 spiro atoms. The Morgan fingerprint density at radius 3 is 2.39 bits per heavy atom. The molecule has 0 bridgehead atoms. The number of hydrogen-bond acceptors (Lipinski definition) is 4. The monoisotopic (exact) mass is 315 g/mol. The smallest absolute Gasteiger partial charge is 0.277 e. The van der Waals surface area contributed by atoms with Gasteiger partial charge in [0.25, 0.3) is 5.69 Å². The van der Waals surface area contributed by atoms with E-state index in [2.05, 4.69) is 16.8 Å². The maximum atomic E-state index is 14.1. The van der Waals surface area contributed by atoms with E-state index in [1.54, 1.807) is 30.3 Å². The number of nitrogens with zero attached hydrogens (tertiary/aromatic N) is 3. The minimum absolute atomic E-state index is 0.0759. The second-order valence-corrected chi connectivity index (χ2v) is 5.73. The largest absolute Gasteiger partial charge is 0.369 e. The molecule has 0 atom stereocenters. The first-order valence-electron chi connectivity index (χ1n) is 7.53. The molecule has 2 aromatic carbocycles. The molecule has 1 aliphatic rings. The summed E-state index contributed by atoms with van der Waals surface area (Å²) in [4.78, 5) is 15.2. The van der Waals surface area contributed by atoms with Crippen molar-refractivity contribution in [2.45, 2.75) is 0 Å². The summed E-state index contributed by atoms with van der Waals surface area (Å²) in [5.74, 6) is -0.453. The van der Waals surface area contributed by atoms with Crippen LogP contribution in [0.3, 0.4) is 0 Å². The van der Waals surface area contributed by atoms with E-state index in [4.69, 9.17) is 0 Å². The van der Waals surface area contributed by atoms with E-state index in [1.807, 2.05) is 0 Å². The van der Waals surface area contributed by atoms with Gasteiger partial charge in [0.1, 0.15) is 5.82 Å². The fraction of sp³-hybridized carbons (Fsp3) is 0.294. The summed E-state index contributed by atoms with van der Waals surface area (Å²) in [5.41, 5.74) is 1.40. The highest BCUT2D eigenvalue weighted by Crippen LogP contribution is 2.35. The molecule has 1 heterocycles. The van der Waals surface area contributed by atoms with Crippen LogP contribution in [0.1, 0.15) is 0 Å². The van der Waals surface area contributed by atoms with Crippen molar-refractivity contribution in [3.63, 3.8) is 0 Å². The topological polar surface area (TPSA) is 49.6 Å². The lowest BCUT2D eigenvalue weighted by molar-refractivity contribution is -0.384. The van der Waals surface area contributed by atoms with E-state index >= 15 is 0 Å². The quantitative estimate of drug-likeness (QED) is 0.645. The average molecular weight is 315 g/mol. The highest BCUT2D eigenvalue weighted by Gasteiger charge is 2.21. The van der Waals surface area contributed by atoms with Gasteiger partial charge < -0.3 is 9.80 Å². The van der Waals surface area contributed by atoms with Crippen LogP contribution in [0.2, 0.25) is 0 Å². The van der Waals surface area contributed by atoms with Gasteiger partial charge in [0.05, 0.1) is 10.5 Å². The number of rotatable bonds is 3. The molecule has 0 aromatic heterocycles. The van der Waals surface area contributed by atoms with Crippen molar-refractivity contribution in [3.05, 3.63) is 58.4 Å². The highest BCUT2D eigenvalue weighted by molar-refractivity contribution is 5.78. The predicted molar refractivity (Wildman–Crippen MR) is 88.2 cm³/mol. The summed E-state index contributed by atoms with van der Waals surface area (Å²) in [5, 5.41) is 11.3. The molecule has 1 aliphatic heterocycles. The third kappa shape index (κ3) is 3.17. The van der Waals surface area contributed by atoms with Gasteiger partial charge in [-0.25, -0.2) is 4.39 Å². The van der Waals surface area contributed by atoms with E-state index in [0.29, 0.717) is 5.56 Å². The van der Waals surface area contributed by atoms with Gasteiger partial charge in [0.15, 0.2) is 0 Å². The molecular formula is C17H18FN3O2. The third-order valence-corrected chi connectivity index (χ3v) is 4.21. The van der Waals surface area contributed by atoms with Crippen molar-refractivity contribution in [2.75, 3.05) is 38.1 Å². The minimum Gasteiger partial charge on any atom is -0.369 e. The molecule has 2 aromatic rings. The lowest BCUT2D eigenvalue weighted by Gasteiger charge is -2.34. The van der Waals surface area contributed by atoms with Crippen LogP contribution >= 0.6 is 0 Å². The molecule has 0 radical (unpaired) electrons. The fourth-order valence-corrected chi connectivity index (χ4v) is 2.84. The van der Waals surface area contributed by atoms with Crippen LogP contribution in [-0.4, -0.2) is 43.0 Å².